The number of hydrogen-bond acceptors (Lipinski definition) is 2. The Morgan fingerprint density at radius 3 is 2.86 bits per heavy atom. The van der Waals surface area contributed by atoms with E-state index >= 15 is 0 Å². The summed E-state index contributed by atoms with van der Waals surface area (Å²) in [6.45, 7) is 1.81. The van der Waals surface area contributed by atoms with Crippen molar-refractivity contribution in [3.63, 3.8) is 0 Å². The summed E-state index contributed by atoms with van der Waals surface area (Å²) < 4.78 is 0. The molecule has 0 saturated carbocycles. The van der Waals surface area contributed by atoms with E-state index in [9.17, 15) is 4.79 Å². The SMILES string of the molecule is Cc1c2c(nc(Cl)c1C(=O)O)CCC2. The van der Waals surface area contributed by atoms with Crippen molar-refractivity contribution in [3.8, 4) is 0 Å². The van der Waals surface area contributed by atoms with Crippen LogP contribution in [0.3, 0.4) is 0 Å². The van der Waals surface area contributed by atoms with E-state index < -0.39 is 5.97 Å². The zero-order valence-corrected chi connectivity index (χ0v) is 8.56. The molecule has 4 heteroatoms. The predicted molar refractivity (Wildman–Crippen MR) is 53.0 cm³/mol. The standard InChI is InChI=1S/C10H10ClNO2/c1-5-6-3-2-4-7(6)12-9(11)8(5)10(13)14/h2-4H2,1H3,(H,13,14). The number of halogens is 1. The highest BCUT2D eigenvalue weighted by Crippen LogP contribution is 2.29. The van der Waals surface area contributed by atoms with E-state index in [2.05, 4.69) is 4.98 Å². The first kappa shape index (κ1) is 9.46. The van der Waals surface area contributed by atoms with Crippen molar-refractivity contribution < 1.29 is 9.90 Å². The number of carboxylic acids is 1. The number of carbonyl (C=O) groups is 1. The lowest BCUT2D eigenvalue weighted by Gasteiger charge is -2.08. The number of rotatable bonds is 1. The molecule has 1 heterocycles. The molecule has 0 radical (unpaired) electrons. The van der Waals surface area contributed by atoms with E-state index in [1.165, 1.54) is 0 Å². The van der Waals surface area contributed by atoms with E-state index in [0.717, 1.165) is 36.1 Å². The van der Waals surface area contributed by atoms with E-state index in [4.69, 9.17) is 16.7 Å². The number of hydrogen-bond donors (Lipinski definition) is 1. The fraction of sp³-hybridized carbons (Fsp3) is 0.400. The fourth-order valence-corrected chi connectivity index (χ4v) is 2.31. The van der Waals surface area contributed by atoms with Crippen LogP contribution in [0.15, 0.2) is 0 Å². The minimum atomic E-state index is -0.991. The van der Waals surface area contributed by atoms with E-state index in [1.807, 2.05) is 0 Å². The Labute approximate surface area is 86.7 Å². The van der Waals surface area contributed by atoms with Crippen LogP contribution in [0.4, 0.5) is 0 Å². The minimum absolute atomic E-state index is 0.121. The molecule has 0 saturated heterocycles. The maximum Gasteiger partial charge on any atom is 0.339 e. The van der Waals surface area contributed by atoms with Crippen LogP contribution in [-0.2, 0) is 12.8 Å². The molecular weight excluding hydrogens is 202 g/mol. The molecule has 14 heavy (non-hydrogen) atoms. The third-order valence-corrected chi connectivity index (χ3v) is 2.94. The van der Waals surface area contributed by atoms with Crippen LogP contribution in [0.5, 0.6) is 0 Å². The van der Waals surface area contributed by atoms with Gasteiger partial charge < -0.3 is 5.11 Å². The average molecular weight is 212 g/mol. The minimum Gasteiger partial charge on any atom is -0.478 e. The summed E-state index contributed by atoms with van der Waals surface area (Å²) in [5, 5.41) is 9.07. The van der Waals surface area contributed by atoms with Gasteiger partial charge in [-0.15, -0.1) is 0 Å². The first-order valence-corrected chi connectivity index (χ1v) is 4.90. The first-order valence-electron chi connectivity index (χ1n) is 4.52. The smallest absolute Gasteiger partial charge is 0.339 e. The maximum absolute atomic E-state index is 10.9. The summed E-state index contributed by atoms with van der Waals surface area (Å²) in [4.78, 5) is 15.0. The van der Waals surface area contributed by atoms with Gasteiger partial charge in [0.25, 0.3) is 0 Å². The molecule has 1 aromatic heterocycles. The van der Waals surface area contributed by atoms with Crippen LogP contribution >= 0.6 is 11.6 Å². The Morgan fingerprint density at radius 1 is 1.50 bits per heavy atom. The number of carboxylic acid groups (broad SMARTS) is 1. The van der Waals surface area contributed by atoms with Gasteiger partial charge in [0.15, 0.2) is 0 Å². The molecule has 0 unspecified atom stereocenters. The van der Waals surface area contributed by atoms with Gasteiger partial charge in [-0.3, -0.25) is 0 Å². The van der Waals surface area contributed by atoms with Gasteiger partial charge in [0.05, 0.1) is 5.56 Å². The molecular formula is C10H10ClNO2. The quantitative estimate of drug-likeness (QED) is 0.725. The molecule has 0 spiro atoms. The van der Waals surface area contributed by atoms with Gasteiger partial charge in [-0.25, -0.2) is 9.78 Å². The van der Waals surface area contributed by atoms with Gasteiger partial charge in [-0.05, 0) is 37.3 Å². The van der Waals surface area contributed by atoms with Gasteiger partial charge in [0.2, 0.25) is 0 Å². The predicted octanol–water partition coefficient (Wildman–Crippen LogP) is 2.23. The molecule has 0 aromatic carbocycles. The molecule has 0 bridgehead atoms. The van der Waals surface area contributed by atoms with Gasteiger partial charge in [-0.2, -0.15) is 0 Å². The number of aryl methyl sites for hydroxylation is 1. The summed E-state index contributed by atoms with van der Waals surface area (Å²) in [7, 11) is 0. The molecule has 1 aliphatic carbocycles. The molecule has 0 fully saturated rings. The molecule has 0 amide bonds. The van der Waals surface area contributed by atoms with Crippen LogP contribution in [0.2, 0.25) is 5.15 Å². The summed E-state index contributed by atoms with van der Waals surface area (Å²) in [5.41, 5.74) is 2.99. The van der Waals surface area contributed by atoms with E-state index in [0.29, 0.717) is 0 Å². The Kier molecular flexibility index (Phi) is 2.19. The lowest BCUT2D eigenvalue weighted by Crippen LogP contribution is -2.06. The number of pyridine rings is 1. The van der Waals surface area contributed by atoms with Gasteiger partial charge in [-0.1, -0.05) is 11.6 Å². The number of aromatic nitrogens is 1. The number of fused-ring (bicyclic) bond motifs is 1. The summed E-state index contributed by atoms with van der Waals surface area (Å²) >= 11 is 5.82. The Hall–Kier alpha value is -1.09. The third-order valence-electron chi connectivity index (χ3n) is 2.67. The largest absolute Gasteiger partial charge is 0.478 e. The van der Waals surface area contributed by atoms with E-state index in [1.54, 1.807) is 6.92 Å². The third kappa shape index (κ3) is 1.28. The molecule has 1 N–H and O–H groups in total. The molecule has 0 atom stereocenters. The Balaban J connectivity index is 2.68. The second kappa shape index (κ2) is 3.24. The maximum atomic E-state index is 10.9. The van der Waals surface area contributed by atoms with Crippen molar-refractivity contribution in [2.75, 3.05) is 0 Å². The molecule has 0 aliphatic heterocycles. The van der Waals surface area contributed by atoms with Crippen molar-refractivity contribution in [3.05, 3.63) is 27.5 Å². The molecule has 3 nitrogen and oxygen atoms in total. The monoisotopic (exact) mass is 211 g/mol. The van der Waals surface area contributed by atoms with Crippen LogP contribution < -0.4 is 0 Å². The zero-order chi connectivity index (χ0) is 10.3. The molecule has 74 valence electrons. The van der Waals surface area contributed by atoms with Crippen LogP contribution in [-0.4, -0.2) is 16.1 Å². The lowest BCUT2D eigenvalue weighted by atomic mass is 10.0. The second-order valence-corrected chi connectivity index (χ2v) is 3.84. The zero-order valence-electron chi connectivity index (χ0n) is 7.80. The van der Waals surface area contributed by atoms with Crippen molar-refractivity contribution in [2.24, 2.45) is 0 Å². The van der Waals surface area contributed by atoms with Crippen molar-refractivity contribution in [1.82, 2.24) is 4.98 Å². The normalized spacial score (nSPS) is 14.1. The van der Waals surface area contributed by atoms with Crippen molar-refractivity contribution >= 4 is 17.6 Å². The van der Waals surface area contributed by atoms with Crippen LogP contribution in [0.1, 0.15) is 33.6 Å². The highest BCUT2D eigenvalue weighted by Gasteiger charge is 2.22. The Bertz CT molecular complexity index is 415. The molecule has 1 aromatic rings. The second-order valence-electron chi connectivity index (χ2n) is 3.49. The number of aromatic carboxylic acids is 1. The highest BCUT2D eigenvalue weighted by molar-refractivity contribution is 6.32. The topological polar surface area (TPSA) is 50.2 Å². The van der Waals surface area contributed by atoms with Crippen molar-refractivity contribution in [1.29, 1.82) is 0 Å². The van der Waals surface area contributed by atoms with Gasteiger partial charge in [0, 0.05) is 5.69 Å². The van der Waals surface area contributed by atoms with Crippen molar-refractivity contribution in [2.45, 2.75) is 26.2 Å². The number of nitrogens with zero attached hydrogens (tertiary/aromatic N) is 1. The summed E-state index contributed by atoms with van der Waals surface area (Å²) in [6.07, 6.45) is 2.88. The average Bonchev–Trinajstić information content (AvgIpc) is 2.50. The molecule has 1 aliphatic rings. The summed E-state index contributed by atoms with van der Waals surface area (Å²) in [5.74, 6) is -0.991. The van der Waals surface area contributed by atoms with Gasteiger partial charge in [0.1, 0.15) is 5.15 Å². The van der Waals surface area contributed by atoms with E-state index in [-0.39, 0.29) is 10.7 Å². The highest BCUT2D eigenvalue weighted by atomic mass is 35.5. The van der Waals surface area contributed by atoms with Gasteiger partial charge >= 0.3 is 5.97 Å². The Morgan fingerprint density at radius 2 is 2.21 bits per heavy atom. The molecule has 2 rings (SSSR count). The van der Waals surface area contributed by atoms with Crippen LogP contribution in [0, 0.1) is 6.92 Å². The first-order chi connectivity index (χ1) is 6.61. The van der Waals surface area contributed by atoms with Crippen LogP contribution in [0.25, 0.3) is 0 Å². The lowest BCUT2D eigenvalue weighted by molar-refractivity contribution is 0.0695. The fourth-order valence-electron chi connectivity index (χ4n) is 1.98. The summed E-state index contributed by atoms with van der Waals surface area (Å²) in [6, 6.07) is 0.